The maximum atomic E-state index is 14.0. The number of carbonyl (C=O) groups excluding carboxylic acids is 1. The van der Waals surface area contributed by atoms with E-state index in [-0.39, 0.29) is 30.2 Å². The second kappa shape index (κ2) is 11.2. The van der Waals surface area contributed by atoms with Gasteiger partial charge in [-0.05, 0) is 46.9 Å². The molecule has 0 saturated carbocycles. The minimum atomic E-state index is -1.22. The number of halogens is 4. The lowest BCUT2D eigenvalue weighted by Crippen LogP contribution is -2.26. The quantitative estimate of drug-likeness (QED) is 0.290. The molecular weight excluding hydrogens is 492 g/mol. The van der Waals surface area contributed by atoms with Crippen molar-refractivity contribution in [2.45, 2.75) is 0 Å². The summed E-state index contributed by atoms with van der Waals surface area (Å²) in [6.45, 7) is 1.02. The Bertz CT molecular complexity index is 824. The van der Waals surface area contributed by atoms with E-state index in [2.05, 4.69) is 10.8 Å². The molecule has 0 spiro atoms. The number of nitrogens with one attached hydrogen (secondary N) is 2. The number of rotatable bonds is 10. The van der Waals surface area contributed by atoms with Crippen LogP contribution in [0.2, 0.25) is 0 Å². The van der Waals surface area contributed by atoms with Crippen LogP contribution in [0.1, 0.15) is 10.4 Å². The largest absolute Gasteiger partial charge is 0.382 e. The summed E-state index contributed by atoms with van der Waals surface area (Å²) >= 11 is 1.93. The fraction of sp³-hybridized carbons (Fsp3) is 0.278. The highest BCUT2D eigenvalue weighted by Gasteiger charge is 2.17. The van der Waals surface area contributed by atoms with E-state index in [0.29, 0.717) is 22.9 Å². The summed E-state index contributed by atoms with van der Waals surface area (Å²) in [6, 6.07) is 5.78. The first-order valence-electron chi connectivity index (χ1n) is 8.12. The van der Waals surface area contributed by atoms with Gasteiger partial charge in [0, 0.05) is 16.7 Å². The summed E-state index contributed by atoms with van der Waals surface area (Å²) in [5.74, 6) is -3.84. The molecule has 0 bridgehead atoms. The van der Waals surface area contributed by atoms with Gasteiger partial charge in [-0.1, -0.05) is 0 Å². The van der Waals surface area contributed by atoms with Crippen molar-refractivity contribution >= 4 is 39.9 Å². The lowest BCUT2D eigenvalue weighted by molar-refractivity contribution is -0.00937. The van der Waals surface area contributed by atoms with Crippen molar-refractivity contribution in [1.29, 1.82) is 0 Å². The first kappa shape index (κ1) is 22.4. The van der Waals surface area contributed by atoms with Crippen molar-refractivity contribution in [1.82, 2.24) is 5.48 Å². The van der Waals surface area contributed by atoms with Gasteiger partial charge in [0.05, 0.1) is 43.4 Å². The molecule has 0 aliphatic rings. The molecule has 152 valence electrons. The van der Waals surface area contributed by atoms with Crippen molar-refractivity contribution in [2.75, 3.05) is 38.9 Å². The highest BCUT2D eigenvalue weighted by atomic mass is 127. The van der Waals surface area contributed by atoms with Crippen molar-refractivity contribution in [2.24, 2.45) is 0 Å². The Morgan fingerprint density at radius 1 is 0.964 bits per heavy atom. The molecule has 6 nitrogen and oxygen atoms in total. The van der Waals surface area contributed by atoms with Crippen LogP contribution in [0.15, 0.2) is 30.3 Å². The number of amides is 1. The van der Waals surface area contributed by atoms with Crippen molar-refractivity contribution in [3.63, 3.8) is 0 Å². The van der Waals surface area contributed by atoms with Gasteiger partial charge in [-0.25, -0.2) is 18.7 Å². The fourth-order valence-corrected chi connectivity index (χ4v) is 2.54. The van der Waals surface area contributed by atoms with Crippen molar-refractivity contribution in [3.05, 3.63) is 56.9 Å². The van der Waals surface area contributed by atoms with Crippen LogP contribution >= 0.6 is 22.6 Å². The average molecular weight is 510 g/mol. The third-order valence-electron chi connectivity index (χ3n) is 3.43. The Morgan fingerprint density at radius 2 is 1.68 bits per heavy atom. The third kappa shape index (κ3) is 6.62. The van der Waals surface area contributed by atoms with Gasteiger partial charge in [0.25, 0.3) is 5.91 Å². The number of hydroxylamine groups is 1. The Hall–Kier alpha value is -1.89. The first-order valence-corrected chi connectivity index (χ1v) is 9.20. The molecule has 1 amide bonds. The molecule has 0 aliphatic heterocycles. The summed E-state index contributed by atoms with van der Waals surface area (Å²) in [7, 11) is 1.54. The number of benzene rings is 2. The zero-order valence-corrected chi connectivity index (χ0v) is 17.0. The van der Waals surface area contributed by atoms with Crippen LogP contribution in [-0.4, -0.2) is 39.4 Å². The monoisotopic (exact) mass is 510 g/mol. The summed E-state index contributed by atoms with van der Waals surface area (Å²) in [4.78, 5) is 17.2. The summed E-state index contributed by atoms with van der Waals surface area (Å²) in [6.07, 6.45) is 0. The van der Waals surface area contributed by atoms with Gasteiger partial charge in [0.15, 0.2) is 11.6 Å². The Balaban J connectivity index is 2.06. The number of hydrogen-bond acceptors (Lipinski definition) is 5. The molecule has 0 aliphatic carbocycles. The number of anilines is 2. The van der Waals surface area contributed by atoms with Gasteiger partial charge in [-0.3, -0.25) is 9.63 Å². The smallest absolute Gasteiger partial charge is 0.277 e. The molecule has 10 heteroatoms. The highest BCUT2D eigenvalue weighted by molar-refractivity contribution is 14.1. The molecule has 0 atom stereocenters. The first-order chi connectivity index (χ1) is 13.4. The lowest BCUT2D eigenvalue weighted by Gasteiger charge is -2.14. The van der Waals surface area contributed by atoms with E-state index >= 15 is 0 Å². The second-order valence-corrected chi connectivity index (χ2v) is 6.69. The van der Waals surface area contributed by atoms with E-state index in [1.807, 2.05) is 22.6 Å². The molecule has 0 heterocycles. The zero-order chi connectivity index (χ0) is 20.5. The number of methoxy groups -OCH3 is 1. The van der Waals surface area contributed by atoms with Crippen molar-refractivity contribution < 1.29 is 32.3 Å². The van der Waals surface area contributed by atoms with Crippen LogP contribution in [0.5, 0.6) is 0 Å². The van der Waals surface area contributed by atoms with E-state index in [1.165, 1.54) is 19.2 Å². The Labute approximate surface area is 173 Å². The van der Waals surface area contributed by atoms with Gasteiger partial charge < -0.3 is 14.8 Å². The molecule has 0 saturated heterocycles. The van der Waals surface area contributed by atoms with Crippen molar-refractivity contribution in [3.8, 4) is 0 Å². The normalized spacial score (nSPS) is 10.8. The van der Waals surface area contributed by atoms with Gasteiger partial charge >= 0.3 is 0 Å². The van der Waals surface area contributed by atoms with Crippen LogP contribution in [0.4, 0.5) is 24.5 Å². The Kier molecular flexibility index (Phi) is 8.96. The lowest BCUT2D eigenvalue weighted by atomic mass is 10.1. The molecule has 2 rings (SSSR count). The maximum Gasteiger partial charge on any atom is 0.277 e. The summed E-state index contributed by atoms with van der Waals surface area (Å²) in [5, 5.41) is 2.60. The zero-order valence-electron chi connectivity index (χ0n) is 14.9. The maximum absolute atomic E-state index is 14.0. The molecule has 0 unspecified atom stereocenters. The van der Waals surface area contributed by atoms with E-state index < -0.39 is 23.4 Å². The van der Waals surface area contributed by atoms with E-state index in [9.17, 15) is 18.0 Å². The van der Waals surface area contributed by atoms with Crippen LogP contribution in [0.3, 0.4) is 0 Å². The van der Waals surface area contributed by atoms with Crippen LogP contribution in [-0.2, 0) is 14.3 Å². The molecule has 2 N–H and O–H groups in total. The fourth-order valence-electron chi connectivity index (χ4n) is 2.09. The van der Waals surface area contributed by atoms with Gasteiger partial charge in [-0.2, -0.15) is 0 Å². The predicted molar refractivity (Wildman–Crippen MR) is 105 cm³/mol. The summed E-state index contributed by atoms with van der Waals surface area (Å²) < 4.78 is 51.9. The van der Waals surface area contributed by atoms with Gasteiger partial charge in [0.2, 0.25) is 0 Å². The molecular formula is C18H18F3IN2O4. The standard InChI is InChI=1S/C18H18F3IN2O4/c1-26-4-5-27-6-7-28-24-18(25)12-9-13(19)14(20)10-17(12)23-16-3-2-11(22)8-15(16)21/h2-3,8-10,23H,4-7H2,1H3,(H,24,25). The van der Waals surface area contributed by atoms with Gasteiger partial charge in [0.1, 0.15) is 5.82 Å². The number of hydrogen-bond donors (Lipinski definition) is 2. The molecule has 2 aromatic rings. The van der Waals surface area contributed by atoms with E-state index in [0.717, 1.165) is 6.07 Å². The van der Waals surface area contributed by atoms with E-state index in [1.54, 1.807) is 6.07 Å². The Morgan fingerprint density at radius 3 is 2.39 bits per heavy atom. The minimum absolute atomic E-state index is 0.00735. The average Bonchev–Trinajstić information content (AvgIpc) is 2.65. The number of ether oxygens (including phenoxy) is 2. The predicted octanol–water partition coefficient (Wildman–Crippen LogP) is 3.78. The third-order valence-corrected chi connectivity index (χ3v) is 4.10. The topological polar surface area (TPSA) is 68.8 Å². The molecule has 0 radical (unpaired) electrons. The second-order valence-electron chi connectivity index (χ2n) is 5.45. The SMILES string of the molecule is COCCOCCONC(=O)c1cc(F)c(F)cc1Nc1ccc(I)cc1F. The highest BCUT2D eigenvalue weighted by Crippen LogP contribution is 2.26. The molecule has 0 fully saturated rings. The van der Waals surface area contributed by atoms with E-state index in [4.69, 9.17) is 14.3 Å². The molecule has 2 aromatic carbocycles. The van der Waals surface area contributed by atoms with Gasteiger partial charge in [-0.15, -0.1) is 0 Å². The minimum Gasteiger partial charge on any atom is -0.382 e. The van der Waals surface area contributed by atoms with Crippen LogP contribution in [0.25, 0.3) is 0 Å². The van der Waals surface area contributed by atoms with Crippen LogP contribution in [0, 0.1) is 21.0 Å². The number of carbonyl (C=O) groups is 1. The summed E-state index contributed by atoms with van der Waals surface area (Å²) in [5.41, 5.74) is 1.75. The molecule has 28 heavy (non-hydrogen) atoms. The molecule has 0 aromatic heterocycles. The van der Waals surface area contributed by atoms with Crippen LogP contribution < -0.4 is 10.8 Å².